The van der Waals surface area contributed by atoms with E-state index in [4.69, 9.17) is 4.74 Å². The minimum atomic E-state index is -0.367. The number of benzene rings is 2. The van der Waals surface area contributed by atoms with Gasteiger partial charge in [0, 0.05) is 6.21 Å². The number of amides is 1. The average molecular weight is 334 g/mol. The molecule has 1 aliphatic heterocycles. The van der Waals surface area contributed by atoms with Crippen LogP contribution in [0.4, 0.5) is 0 Å². The van der Waals surface area contributed by atoms with Gasteiger partial charge in [-0.15, -0.1) is 0 Å². The van der Waals surface area contributed by atoms with Crippen molar-refractivity contribution in [2.75, 3.05) is 7.11 Å². The number of methoxy groups -OCH3 is 1. The normalized spacial score (nSPS) is 15.9. The summed E-state index contributed by atoms with van der Waals surface area (Å²) in [6.45, 7) is 0.447. The summed E-state index contributed by atoms with van der Waals surface area (Å²) < 4.78 is 5.11. The molecule has 3 rings (SSSR count). The predicted molar refractivity (Wildman–Crippen MR) is 97.4 cm³/mol. The number of aliphatic imine (C=N–C) groups is 1. The van der Waals surface area contributed by atoms with Crippen molar-refractivity contribution in [3.05, 3.63) is 82.8 Å². The second kappa shape index (κ2) is 7.49. The molecule has 2 N–H and O–H groups in total. The molecule has 0 aromatic heterocycles. The van der Waals surface area contributed by atoms with Gasteiger partial charge in [0.2, 0.25) is 0 Å². The van der Waals surface area contributed by atoms with Crippen molar-refractivity contribution in [1.29, 1.82) is 0 Å². The smallest absolute Gasteiger partial charge is 0.261 e. The maximum Gasteiger partial charge on any atom is 0.261 e. The van der Waals surface area contributed by atoms with E-state index in [9.17, 15) is 9.90 Å². The number of carbonyl (C=O) groups excluding carboxylic acids is 1. The highest BCUT2D eigenvalue weighted by Gasteiger charge is 2.25. The van der Waals surface area contributed by atoms with Gasteiger partial charge in [0.1, 0.15) is 11.3 Å². The first kappa shape index (κ1) is 16.5. The zero-order valence-corrected chi connectivity index (χ0v) is 13.8. The molecule has 0 fully saturated rings. The third-order valence-corrected chi connectivity index (χ3v) is 3.77. The summed E-state index contributed by atoms with van der Waals surface area (Å²) >= 11 is 0. The molecule has 0 radical (unpaired) electrons. The molecule has 5 heteroatoms. The lowest BCUT2D eigenvalue weighted by atomic mass is 10.1. The fourth-order valence-electron chi connectivity index (χ4n) is 2.42. The molecule has 1 aliphatic rings. The quantitative estimate of drug-likeness (QED) is 0.825. The van der Waals surface area contributed by atoms with Crippen LogP contribution in [-0.4, -0.2) is 24.3 Å². The van der Waals surface area contributed by atoms with Crippen molar-refractivity contribution < 1.29 is 14.6 Å². The molecular weight excluding hydrogens is 316 g/mol. The van der Waals surface area contributed by atoms with Crippen molar-refractivity contribution in [3.8, 4) is 5.75 Å². The molecule has 0 spiro atoms. The maximum atomic E-state index is 12.0. The van der Waals surface area contributed by atoms with Gasteiger partial charge in [-0.25, -0.2) is 0 Å². The van der Waals surface area contributed by atoms with E-state index in [0.717, 1.165) is 16.9 Å². The topological polar surface area (TPSA) is 70.9 Å². The molecule has 25 heavy (non-hydrogen) atoms. The Labute approximate surface area is 146 Å². The van der Waals surface area contributed by atoms with Gasteiger partial charge in [0.05, 0.1) is 19.4 Å². The van der Waals surface area contributed by atoms with Crippen LogP contribution >= 0.6 is 0 Å². The fourth-order valence-corrected chi connectivity index (χ4v) is 2.42. The first-order valence-electron chi connectivity index (χ1n) is 7.82. The number of carbonyl (C=O) groups is 1. The van der Waals surface area contributed by atoms with E-state index in [1.54, 1.807) is 13.2 Å². The zero-order chi connectivity index (χ0) is 17.6. The van der Waals surface area contributed by atoms with Gasteiger partial charge in [-0.1, -0.05) is 42.5 Å². The Morgan fingerprint density at radius 1 is 1.12 bits per heavy atom. The van der Waals surface area contributed by atoms with E-state index in [2.05, 4.69) is 10.3 Å². The van der Waals surface area contributed by atoms with E-state index in [0.29, 0.717) is 12.2 Å². The first-order chi connectivity index (χ1) is 12.2. The van der Waals surface area contributed by atoms with Gasteiger partial charge in [0.25, 0.3) is 5.91 Å². The van der Waals surface area contributed by atoms with E-state index in [1.165, 1.54) is 6.21 Å². The Hall–Kier alpha value is -3.34. The SMILES string of the molecule is COc1ccc(C=C2NC(=O)C(C=NCc3ccccc3)=C2O)cc1. The van der Waals surface area contributed by atoms with E-state index >= 15 is 0 Å². The monoisotopic (exact) mass is 334 g/mol. The number of nitrogens with zero attached hydrogens (tertiary/aromatic N) is 1. The van der Waals surface area contributed by atoms with Crippen molar-refractivity contribution in [2.24, 2.45) is 4.99 Å². The van der Waals surface area contributed by atoms with Crippen LogP contribution in [0.5, 0.6) is 5.75 Å². The maximum absolute atomic E-state index is 12.0. The van der Waals surface area contributed by atoms with Crippen LogP contribution in [0.1, 0.15) is 11.1 Å². The molecule has 2 aromatic carbocycles. The molecule has 0 atom stereocenters. The summed E-state index contributed by atoms with van der Waals surface area (Å²) in [5, 5.41) is 12.9. The third kappa shape index (κ3) is 3.95. The van der Waals surface area contributed by atoms with Crippen LogP contribution in [0, 0.1) is 0 Å². The molecule has 0 saturated carbocycles. The Bertz CT molecular complexity index is 850. The number of ether oxygens (including phenoxy) is 1. The lowest BCUT2D eigenvalue weighted by Crippen LogP contribution is -2.16. The molecule has 1 heterocycles. The Balaban J connectivity index is 1.77. The van der Waals surface area contributed by atoms with Crippen LogP contribution in [0.15, 0.2) is 76.6 Å². The molecule has 5 nitrogen and oxygen atoms in total. The van der Waals surface area contributed by atoms with Gasteiger partial charge >= 0.3 is 0 Å². The number of nitrogens with one attached hydrogen (secondary N) is 1. The molecule has 0 aliphatic carbocycles. The second-order valence-electron chi connectivity index (χ2n) is 5.50. The highest BCUT2D eigenvalue weighted by atomic mass is 16.5. The summed E-state index contributed by atoms with van der Waals surface area (Å²) in [4.78, 5) is 16.3. The van der Waals surface area contributed by atoms with Gasteiger partial charge in [-0.2, -0.15) is 0 Å². The summed E-state index contributed by atoms with van der Waals surface area (Å²) in [5.74, 6) is 0.276. The van der Waals surface area contributed by atoms with Crippen LogP contribution in [0.3, 0.4) is 0 Å². The third-order valence-electron chi connectivity index (χ3n) is 3.77. The Morgan fingerprint density at radius 2 is 1.84 bits per heavy atom. The standard InChI is InChI=1S/C20H18N2O3/c1-25-16-9-7-14(8-10-16)11-18-19(23)17(20(24)22-18)13-21-12-15-5-3-2-4-6-15/h2-11,13,23H,12H2,1H3,(H,22,24). The molecule has 1 amide bonds. The van der Waals surface area contributed by atoms with Gasteiger partial charge < -0.3 is 15.2 Å². The summed E-state index contributed by atoms with van der Waals surface area (Å²) in [6.07, 6.45) is 3.11. The van der Waals surface area contributed by atoms with Crippen LogP contribution < -0.4 is 10.1 Å². The van der Waals surface area contributed by atoms with Crippen molar-refractivity contribution >= 4 is 18.2 Å². The molecule has 0 unspecified atom stereocenters. The van der Waals surface area contributed by atoms with E-state index in [1.807, 2.05) is 54.6 Å². The lowest BCUT2D eigenvalue weighted by Gasteiger charge is -2.01. The second-order valence-corrected chi connectivity index (χ2v) is 5.50. The Kier molecular flexibility index (Phi) is 4.95. The minimum Gasteiger partial charge on any atom is -0.505 e. The fraction of sp³-hybridized carbons (Fsp3) is 0.100. The largest absolute Gasteiger partial charge is 0.505 e. The highest BCUT2D eigenvalue weighted by Crippen LogP contribution is 2.21. The van der Waals surface area contributed by atoms with Crippen LogP contribution in [0.25, 0.3) is 6.08 Å². The van der Waals surface area contributed by atoms with Gasteiger partial charge in [0.15, 0.2) is 5.76 Å². The molecule has 126 valence electrons. The predicted octanol–water partition coefficient (Wildman–Crippen LogP) is 3.25. The molecule has 2 aromatic rings. The zero-order valence-electron chi connectivity index (χ0n) is 13.8. The number of aliphatic hydroxyl groups excluding tert-OH is 1. The number of hydrogen-bond acceptors (Lipinski definition) is 4. The summed E-state index contributed by atoms with van der Waals surface area (Å²) in [5.41, 5.74) is 2.39. The number of rotatable bonds is 5. The van der Waals surface area contributed by atoms with Crippen molar-refractivity contribution in [3.63, 3.8) is 0 Å². The van der Waals surface area contributed by atoms with E-state index < -0.39 is 0 Å². The van der Waals surface area contributed by atoms with Gasteiger partial charge in [-0.3, -0.25) is 9.79 Å². The molecular formula is C20H18N2O3. The summed E-state index contributed by atoms with van der Waals surface area (Å²) in [6, 6.07) is 17.0. The summed E-state index contributed by atoms with van der Waals surface area (Å²) in [7, 11) is 1.60. The number of hydrogen-bond donors (Lipinski definition) is 2. The number of aliphatic hydroxyl groups is 1. The van der Waals surface area contributed by atoms with Crippen molar-refractivity contribution in [1.82, 2.24) is 5.32 Å². The Morgan fingerprint density at radius 3 is 2.52 bits per heavy atom. The average Bonchev–Trinajstić information content (AvgIpc) is 2.90. The lowest BCUT2D eigenvalue weighted by molar-refractivity contribution is -0.115. The van der Waals surface area contributed by atoms with E-state index in [-0.39, 0.29) is 17.2 Å². The van der Waals surface area contributed by atoms with Crippen LogP contribution in [0.2, 0.25) is 0 Å². The highest BCUT2D eigenvalue weighted by molar-refractivity contribution is 6.16. The molecule has 0 bridgehead atoms. The van der Waals surface area contributed by atoms with Crippen molar-refractivity contribution in [2.45, 2.75) is 6.54 Å². The van der Waals surface area contributed by atoms with Gasteiger partial charge in [-0.05, 0) is 29.3 Å². The molecule has 0 saturated heterocycles. The van der Waals surface area contributed by atoms with Crippen LogP contribution in [-0.2, 0) is 11.3 Å². The first-order valence-corrected chi connectivity index (χ1v) is 7.82. The minimum absolute atomic E-state index is 0.0994.